The number of nitrogen functional groups attached to an aromatic ring is 1. The predicted molar refractivity (Wildman–Crippen MR) is 68.9 cm³/mol. The summed E-state index contributed by atoms with van der Waals surface area (Å²) in [7, 11) is 1.49. The Morgan fingerprint density at radius 3 is 2.61 bits per heavy atom. The summed E-state index contributed by atoms with van der Waals surface area (Å²) in [6, 6.07) is 11.2. The van der Waals surface area contributed by atoms with Gasteiger partial charge in [0.2, 0.25) is 0 Å². The van der Waals surface area contributed by atoms with Gasteiger partial charge in [-0.25, -0.2) is 0 Å². The van der Waals surface area contributed by atoms with E-state index in [9.17, 15) is 9.90 Å². The zero-order valence-corrected chi connectivity index (χ0v) is 9.88. The molecular formula is C14H13NO3. The van der Waals surface area contributed by atoms with Gasteiger partial charge in [-0.2, -0.15) is 0 Å². The number of ether oxygens (including phenoxy) is 1. The van der Waals surface area contributed by atoms with Gasteiger partial charge in [0, 0.05) is 17.3 Å². The number of benzene rings is 2. The molecular weight excluding hydrogens is 230 g/mol. The van der Waals surface area contributed by atoms with Gasteiger partial charge in [-0.15, -0.1) is 0 Å². The SMILES string of the molecule is COc1ccc(C(=O)c2cccc(N)c2)c(O)c1. The maximum atomic E-state index is 12.2. The molecule has 4 nitrogen and oxygen atoms in total. The minimum atomic E-state index is -0.276. The Hall–Kier alpha value is -2.49. The molecule has 92 valence electrons. The molecule has 0 amide bonds. The highest BCUT2D eigenvalue weighted by atomic mass is 16.5. The van der Waals surface area contributed by atoms with Gasteiger partial charge in [-0.3, -0.25) is 4.79 Å². The van der Waals surface area contributed by atoms with Crippen molar-refractivity contribution in [3.8, 4) is 11.5 Å². The summed E-state index contributed by atoms with van der Waals surface area (Å²) in [5.41, 5.74) is 6.80. The van der Waals surface area contributed by atoms with Crippen molar-refractivity contribution >= 4 is 11.5 Å². The first-order valence-corrected chi connectivity index (χ1v) is 5.39. The third-order valence-corrected chi connectivity index (χ3v) is 2.60. The van der Waals surface area contributed by atoms with Crippen molar-refractivity contribution in [2.45, 2.75) is 0 Å². The molecule has 0 saturated carbocycles. The van der Waals surface area contributed by atoms with Gasteiger partial charge in [0.25, 0.3) is 0 Å². The van der Waals surface area contributed by atoms with E-state index in [1.54, 1.807) is 30.3 Å². The highest BCUT2D eigenvalue weighted by Gasteiger charge is 2.14. The van der Waals surface area contributed by atoms with Crippen molar-refractivity contribution in [2.75, 3.05) is 12.8 Å². The van der Waals surface area contributed by atoms with Gasteiger partial charge in [0.15, 0.2) is 5.78 Å². The lowest BCUT2D eigenvalue weighted by molar-refractivity contribution is 0.103. The molecule has 0 atom stereocenters. The van der Waals surface area contributed by atoms with Gasteiger partial charge in [-0.1, -0.05) is 12.1 Å². The van der Waals surface area contributed by atoms with Crippen molar-refractivity contribution in [1.29, 1.82) is 0 Å². The molecule has 4 heteroatoms. The van der Waals surface area contributed by atoms with E-state index in [0.29, 0.717) is 17.0 Å². The van der Waals surface area contributed by atoms with Gasteiger partial charge in [-0.05, 0) is 24.3 Å². The van der Waals surface area contributed by atoms with Crippen LogP contribution in [-0.2, 0) is 0 Å². The number of hydrogen-bond acceptors (Lipinski definition) is 4. The van der Waals surface area contributed by atoms with E-state index < -0.39 is 0 Å². The first-order chi connectivity index (χ1) is 8.61. The van der Waals surface area contributed by atoms with Gasteiger partial charge in [0.1, 0.15) is 11.5 Å². The van der Waals surface area contributed by atoms with E-state index in [1.165, 1.54) is 19.2 Å². The lowest BCUT2D eigenvalue weighted by atomic mass is 10.0. The molecule has 2 aromatic carbocycles. The van der Waals surface area contributed by atoms with E-state index in [2.05, 4.69) is 0 Å². The molecule has 0 unspecified atom stereocenters. The summed E-state index contributed by atoms with van der Waals surface area (Å²) in [4.78, 5) is 12.2. The summed E-state index contributed by atoms with van der Waals surface area (Å²) in [6.45, 7) is 0. The molecule has 0 bridgehead atoms. The third kappa shape index (κ3) is 2.27. The molecule has 0 aliphatic heterocycles. The molecule has 3 N–H and O–H groups in total. The Morgan fingerprint density at radius 1 is 1.22 bits per heavy atom. The minimum absolute atomic E-state index is 0.109. The quantitative estimate of drug-likeness (QED) is 0.640. The Bertz CT molecular complexity index is 593. The number of hydrogen-bond donors (Lipinski definition) is 2. The second-order valence-electron chi connectivity index (χ2n) is 3.84. The molecule has 0 radical (unpaired) electrons. The third-order valence-electron chi connectivity index (χ3n) is 2.60. The number of carbonyl (C=O) groups excluding carboxylic acids is 1. The average Bonchev–Trinajstić information content (AvgIpc) is 2.37. The standard InChI is InChI=1S/C14H13NO3/c1-18-11-5-6-12(13(16)8-11)14(17)9-3-2-4-10(15)7-9/h2-8,16H,15H2,1H3. The Kier molecular flexibility index (Phi) is 3.19. The minimum Gasteiger partial charge on any atom is -0.507 e. The van der Waals surface area contributed by atoms with Crippen LogP contribution in [-0.4, -0.2) is 18.0 Å². The smallest absolute Gasteiger partial charge is 0.196 e. The van der Waals surface area contributed by atoms with Crippen LogP contribution in [0.5, 0.6) is 11.5 Å². The molecule has 2 rings (SSSR count). The van der Waals surface area contributed by atoms with Crippen molar-refractivity contribution in [3.63, 3.8) is 0 Å². The van der Waals surface area contributed by atoms with Crippen LogP contribution in [0.15, 0.2) is 42.5 Å². The lowest BCUT2D eigenvalue weighted by Gasteiger charge is -2.06. The second kappa shape index (κ2) is 4.79. The maximum absolute atomic E-state index is 12.2. The van der Waals surface area contributed by atoms with Crippen molar-refractivity contribution in [1.82, 2.24) is 0 Å². The largest absolute Gasteiger partial charge is 0.507 e. The van der Waals surface area contributed by atoms with Crippen molar-refractivity contribution in [2.24, 2.45) is 0 Å². The Labute approximate surface area is 105 Å². The first-order valence-electron chi connectivity index (χ1n) is 5.39. The Morgan fingerprint density at radius 2 is 2.00 bits per heavy atom. The topological polar surface area (TPSA) is 72.5 Å². The fraction of sp³-hybridized carbons (Fsp3) is 0.0714. The van der Waals surface area contributed by atoms with Gasteiger partial charge < -0.3 is 15.6 Å². The Balaban J connectivity index is 2.40. The van der Waals surface area contributed by atoms with Crippen molar-refractivity contribution < 1.29 is 14.6 Å². The highest BCUT2D eigenvalue weighted by Crippen LogP contribution is 2.25. The van der Waals surface area contributed by atoms with E-state index in [4.69, 9.17) is 10.5 Å². The molecule has 2 aromatic rings. The number of phenols is 1. The second-order valence-corrected chi connectivity index (χ2v) is 3.84. The first kappa shape index (κ1) is 12.0. The summed E-state index contributed by atoms with van der Waals surface area (Å²) in [5.74, 6) is 0.112. The molecule has 0 aliphatic carbocycles. The summed E-state index contributed by atoms with van der Waals surface area (Å²) < 4.78 is 4.96. The van der Waals surface area contributed by atoms with E-state index in [0.717, 1.165) is 0 Å². The average molecular weight is 243 g/mol. The number of carbonyl (C=O) groups is 1. The fourth-order valence-corrected chi connectivity index (χ4v) is 1.67. The van der Waals surface area contributed by atoms with Crippen LogP contribution >= 0.6 is 0 Å². The van der Waals surface area contributed by atoms with Crippen LogP contribution in [0.25, 0.3) is 0 Å². The zero-order valence-electron chi connectivity index (χ0n) is 9.88. The number of anilines is 1. The van der Waals surface area contributed by atoms with Crippen LogP contribution in [0.1, 0.15) is 15.9 Å². The van der Waals surface area contributed by atoms with E-state index >= 15 is 0 Å². The van der Waals surface area contributed by atoms with E-state index in [1.807, 2.05) is 0 Å². The lowest BCUT2D eigenvalue weighted by Crippen LogP contribution is -2.02. The van der Waals surface area contributed by atoms with Crippen LogP contribution in [0.2, 0.25) is 0 Å². The van der Waals surface area contributed by atoms with Crippen LogP contribution in [0.3, 0.4) is 0 Å². The molecule has 0 saturated heterocycles. The molecule has 0 aliphatic rings. The number of aromatic hydroxyl groups is 1. The van der Waals surface area contributed by atoms with Crippen LogP contribution < -0.4 is 10.5 Å². The van der Waals surface area contributed by atoms with Gasteiger partial charge >= 0.3 is 0 Å². The van der Waals surface area contributed by atoms with Crippen LogP contribution in [0, 0.1) is 0 Å². The number of rotatable bonds is 3. The summed E-state index contributed by atoms with van der Waals surface area (Å²) >= 11 is 0. The van der Waals surface area contributed by atoms with Gasteiger partial charge in [0.05, 0.1) is 12.7 Å². The normalized spacial score (nSPS) is 10.1. The molecule has 0 aromatic heterocycles. The van der Waals surface area contributed by atoms with E-state index in [-0.39, 0.29) is 17.1 Å². The number of phenolic OH excluding ortho intramolecular Hbond substituents is 1. The van der Waals surface area contributed by atoms with Crippen molar-refractivity contribution in [3.05, 3.63) is 53.6 Å². The number of nitrogens with two attached hydrogens (primary N) is 1. The molecule has 18 heavy (non-hydrogen) atoms. The molecule has 0 spiro atoms. The highest BCUT2D eigenvalue weighted by molar-refractivity contribution is 6.11. The predicted octanol–water partition coefficient (Wildman–Crippen LogP) is 2.21. The summed E-state index contributed by atoms with van der Waals surface area (Å²) in [5, 5.41) is 9.79. The number of ketones is 1. The molecule has 0 fully saturated rings. The fourth-order valence-electron chi connectivity index (χ4n) is 1.67. The maximum Gasteiger partial charge on any atom is 0.196 e. The monoisotopic (exact) mass is 243 g/mol. The summed E-state index contributed by atoms with van der Waals surface area (Å²) in [6.07, 6.45) is 0. The molecule has 0 heterocycles. The van der Waals surface area contributed by atoms with Crippen LogP contribution in [0.4, 0.5) is 5.69 Å². The zero-order chi connectivity index (χ0) is 13.1. The number of methoxy groups -OCH3 is 1.